The zero-order valence-electron chi connectivity index (χ0n) is 10.2. The van der Waals surface area contributed by atoms with Crippen LogP contribution in [-0.2, 0) is 6.54 Å². The lowest BCUT2D eigenvalue weighted by atomic mass is 10.2. The number of aromatic hydroxyl groups is 1. The lowest BCUT2D eigenvalue weighted by Crippen LogP contribution is -2.04. The predicted octanol–water partition coefficient (Wildman–Crippen LogP) is 2.79. The van der Waals surface area contributed by atoms with E-state index in [1.54, 1.807) is 12.1 Å². The van der Waals surface area contributed by atoms with Gasteiger partial charge in [0, 0.05) is 5.56 Å². The first-order valence-electron chi connectivity index (χ1n) is 6.02. The highest BCUT2D eigenvalue weighted by Gasteiger charge is 2.10. The fourth-order valence-electron chi connectivity index (χ4n) is 2.19. The normalized spacial score (nSPS) is 10.7. The van der Waals surface area contributed by atoms with Crippen LogP contribution in [0.3, 0.4) is 0 Å². The number of fused-ring (bicyclic) bond motifs is 1. The first kappa shape index (κ1) is 11.5. The molecule has 0 bridgehead atoms. The van der Waals surface area contributed by atoms with Crippen molar-refractivity contribution in [1.82, 2.24) is 9.55 Å². The third-order valence-corrected chi connectivity index (χ3v) is 3.13. The van der Waals surface area contributed by atoms with Crippen molar-refractivity contribution >= 4 is 17.2 Å². The Balaban J connectivity index is 2.14. The summed E-state index contributed by atoms with van der Waals surface area (Å²) in [5.74, 6) is 0.848. The van der Waals surface area contributed by atoms with Crippen LogP contribution in [0, 0.1) is 5.41 Å². The van der Waals surface area contributed by atoms with Gasteiger partial charge in [0.05, 0.1) is 23.8 Å². The Labute approximate surface area is 110 Å². The first-order chi connectivity index (χ1) is 9.29. The molecule has 0 saturated carbocycles. The van der Waals surface area contributed by atoms with Gasteiger partial charge < -0.3 is 15.1 Å². The van der Waals surface area contributed by atoms with E-state index in [4.69, 9.17) is 5.41 Å². The maximum absolute atomic E-state index is 9.85. The number of hydrogen-bond acceptors (Lipinski definition) is 3. The van der Waals surface area contributed by atoms with Crippen LogP contribution in [0.1, 0.15) is 11.4 Å². The number of phenolic OH excluding ortho intramolecular Hbond substituents is 1. The molecular weight excluding hydrogens is 238 g/mol. The maximum atomic E-state index is 9.85. The second-order valence-electron chi connectivity index (χ2n) is 4.32. The molecule has 0 unspecified atom stereocenters. The van der Waals surface area contributed by atoms with Gasteiger partial charge in [0.2, 0.25) is 0 Å². The van der Waals surface area contributed by atoms with Gasteiger partial charge in [-0.25, -0.2) is 4.98 Å². The van der Waals surface area contributed by atoms with Gasteiger partial charge in [0.25, 0.3) is 0 Å². The van der Waals surface area contributed by atoms with Gasteiger partial charge in [0.15, 0.2) is 5.82 Å². The van der Waals surface area contributed by atoms with Crippen molar-refractivity contribution in [3.8, 4) is 5.75 Å². The van der Waals surface area contributed by atoms with Gasteiger partial charge in [-0.1, -0.05) is 30.3 Å². The molecule has 2 N–H and O–H groups in total. The molecule has 0 radical (unpaired) electrons. The van der Waals surface area contributed by atoms with Crippen LogP contribution in [-0.4, -0.2) is 20.9 Å². The Morgan fingerprint density at radius 2 is 1.84 bits per heavy atom. The van der Waals surface area contributed by atoms with Crippen molar-refractivity contribution in [2.45, 2.75) is 6.54 Å². The van der Waals surface area contributed by atoms with E-state index in [1.165, 1.54) is 6.21 Å². The van der Waals surface area contributed by atoms with E-state index in [-0.39, 0.29) is 5.75 Å². The molecule has 4 nitrogen and oxygen atoms in total. The number of nitrogens with one attached hydrogen (secondary N) is 1. The standard InChI is InChI=1S/C15H13N3O/c16-9-15-17-12-6-2-3-7-13(12)18(15)10-11-5-1-4-8-14(11)19/h1-9,16,19H,10H2. The highest BCUT2D eigenvalue weighted by Crippen LogP contribution is 2.21. The fraction of sp³-hybridized carbons (Fsp3) is 0.0667. The summed E-state index contributed by atoms with van der Waals surface area (Å²) >= 11 is 0. The summed E-state index contributed by atoms with van der Waals surface area (Å²) in [6.45, 7) is 0.498. The number of nitrogens with zero attached hydrogens (tertiary/aromatic N) is 2. The van der Waals surface area contributed by atoms with E-state index in [0.29, 0.717) is 12.4 Å². The smallest absolute Gasteiger partial charge is 0.151 e. The largest absolute Gasteiger partial charge is 0.508 e. The molecule has 1 heterocycles. The molecule has 0 atom stereocenters. The van der Waals surface area contributed by atoms with E-state index < -0.39 is 0 Å². The molecule has 19 heavy (non-hydrogen) atoms. The molecule has 3 aromatic rings. The summed E-state index contributed by atoms with van der Waals surface area (Å²) in [5.41, 5.74) is 2.63. The average molecular weight is 251 g/mol. The SMILES string of the molecule is N=Cc1nc2ccccc2n1Cc1ccccc1O. The molecule has 0 spiro atoms. The lowest BCUT2D eigenvalue weighted by molar-refractivity contribution is 0.466. The average Bonchev–Trinajstić information content (AvgIpc) is 2.79. The minimum atomic E-state index is 0.260. The summed E-state index contributed by atoms with van der Waals surface area (Å²) in [4.78, 5) is 4.40. The van der Waals surface area contributed by atoms with Crippen LogP contribution in [0.15, 0.2) is 48.5 Å². The summed E-state index contributed by atoms with van der Waals surface area (Å²) in [6.07, 6.45) is 1.24. The number of para-hydroxylation sites is 3. The number of hydrogen-bond donors (Lipinski definition) is 2. The number of benzene rings is 2. The third kappa shape index (κ3) is 1.97. The van der Waals surface area contributed by atoms with Crippen molar-refractivity contribution in [3.05, 3.63) is 59.9 Å². The molecule has 0 aliphatic carbocycles. The minimum Gasteiger partial charge on any atom is -0.508 e. The Kier molecular flexibility index (Phi) is 2.76. The fourth-order valence-corrected chi connectivity index (χ4v) is 2.19. The molecule has 2 aromatic carbocycles. The molecule has 0 amide bonds. The quantitative estimate of drug-likeness (QED) is 0.703. The van der Waals surface area contributed by atoms with Crippen molar-refractivity contribution < 1.29 is 5.11 Å². The molecule has 94 valence electrons. The van der Waals surface area contributed by atoms with E-state index >= 15 is 0 Å². The first-order valence-corrected chi connectivity index (χ1v) is 6.02. The van der Waals surface area contributed by atoms with Crippen molar-refractivity contribution in [1.29, 1.82) is 5.41 Å². The molecule has 0 aliphatic rings. The van der Waals surface area contributed by atoms with Crippen molar-refractivity contribution in [2.75, 3.05) is 0 Å². The molecular formula is C15H13N3O. The summed E-state index contributed by atoms with van der Waals surface area (Å²) < 4.78 is 1.93. The molecule has 1 aromatic heterocycles. The summed E-state index contributed by atoms with van der Waals surface area (Å²) in [6, 6.07) is 15.0. The van der Waals surface area contributed by atoms with E-state index in [9.17, 15) is 5.11 Å². The van der Waals surface area contributed by atoms with E-state index in [2.05, 4.69) is 4.98 Å². The second kappa shape index (κ2) is 4.57. The van der Waals surface area contributed by atoms with Gasteiger partial charge in [-0.05, 0) is 18.2 Å². The minimum absolute atomic E-state index is 0.260. The Morgan fingerprint density at radius 3 is 2.63 bits per heavy atom. The maximum Gasteiger partial charge on any atom is 0.151 e. The van der Waals surface area contributed by atoms with Crippen LogP contribution in [0.5, 0.6) is 5.75 Å². The lowest BCUT2D eigenvalue weighted by Gasteiger charge is -2.08. The van der Waals surface area contributed by atoms with Gasteiger partial charge in [-0.3, -0.25) is 0 Å². The molecule has 4 heteroatoms. The summed E-state index contributed by atoms with van der Waals surface area (Å²) in [7, 11) is 0. The van der Waals surface area contributed by atoms with Gasteiger partial charge in [-0.2, -0.15) is 0 Å². The Morgan fingerprint density at radius 1 is 1.11 bits per heavy atom. The third-order valence-electron chi connectivity index (χ3n) is 3.13. The van der Waals surface area contributed by atoms with Gasteiger partial charge in [0.1, 0.15) is 5.75 Å². The topological polar surface area (TPSA) is 61.9 Å². The monoisotopic (exact) mass is 251 g/mol. The highest BCUT2D eigenvalue weighted by atomic mass is 16.3. The Hall–Kier alpha value is -2.62. The van der Waals surface area contributed by atoms with Gasteiger partial charge >= 0.3 is 0 Å². The van der Waals surface area contributed by atoms with Crippen LogP contribution in [0.25, 0.3) is 11.0 Å². The molecule has 0 saturated heterocycles. The van der Waals surface area contributed by atoms with Crippen molar-refractivity contribution in [2.24, 2.45) is 0 Å². The number of aromatic nitrogens is 2. The molecule has 0 fully saturated rings. The van der Waals surface area contributed by atoms with Gasteiger partial charge in [-0.15, -0.1) is 0 Å². The summed E-state index contributed by atoms with van der Waals surface area (Å²) in [5, 5.41) is 17.3. The number of rotatable bonds is 3. The van der Waals surface area contributed by atoms with E-state index in [1.807, 2.05) is 41.0 Å². The van der Waals surface area contributed by atoms with Crippen LogP contribution in [0.4, 0.5) is 0 Å². The zero-order chi connectivity index (χ0) is 13.2. The van der Waals surface area contributed by atoms with E-state index in [0.717, 1.165) is 16.6 Å². The zero-order valence-corrected chi connectivity index (χ0v) is 10.2. The number of imidazole rings is 1. The predicted molar refractivity (Wildman–Crippen MR) is 74.8 cm³/mol. The molecule has 3 rings (SSSR count). The Bertz CT molecular complexity index is 746. The van der Waals surface area contributed by atoms with Crippen LogP contribution in [0.2, 0.25) is 0 Å². The van der Waals surface area contributed by atoms with Crippen LogP contribution < -0.4 is 0 Å². The second-order valence-corrected chi connectivity index (χ2v) is 4.32. The number of phenols is 1. The van der Waals surface area contributed by atoms with Crippen LogP contribution >= 0.6 is 0 Å². The van der Waals surface area contributed by atoms with Crippen molar-refractivity contribution in [3.63, 3.8) is 0 Å². The highest BCUT2D eigenvalue weighted by molar-refractivity contribution is 5.84. The molecule has 0 aliphatic heterocycles.